The number of sulfone groups is 1. The second kappa shape index (κ2) is 6.97. The number of nitrogens with zero attached hydrogens (tertiary/aromatic N) is 2. The van der Waals surface area contributed by atoms with Crippen LogP contribution < -0.4 is 4.90 Å². The zero-order valence-corrected chi connectivity index (χ0v) is 13.9. The van der Waals surface area contributed by atoms with Crippen molar-refractivity contribution in [3.63, 3.8) is 0 Å². The van der Waals surface area contributed by atoms with Gasteiger partial charge in [-0.2, -0.15) is 0 Å². The summed E-state index contributed by atoms with van der Waals surface area (Å²) in [5.74, 6) is -0.282. The first-order chi connectivity index (χ1) is 10.8. The van der Waals surface area contributed by atoms with Crippen LogP contribution in [0.5, 0.6) is 0 Å². The lowest BCUT2D eigenvalue weighted by molar-refractivity contribution is 0.202. The molecule has 122 valence electrons. The van der Waals surface area contributed by atoms with E-state index < -0.39 is 15.9 Å². The number of carbonyl (C=O) groups is 1. The Morgan fingerprint density at radius 1 is 1.26 bits per heavy atom. The molecule has 23 heavy (non-hydrogen) atoms. The molecule has 0 radical (unpaired) electrons. The highest BCUT2D eigenvalue weighted by atomic mass is 35.5. The van der Waals surface area contributed by atoms with E-state index in [0.29, 0.717) is 16.1 Å². The third kappa shape index (κ3) is 4.43. The van der Waals surface area contributed by atoms with E-state index in [0.717, 1.165) is 11.2 Å². The first-order valence-electron chi connectivity index (χ1n) is 6.66. The van der Waals surface area contributed by atoms with Gasteiger partial charge in [-0.3, -0.25) is 9.88 Å². The molecule has 8 heteroatoms. The Balaban J connectivity index is 2.49. The lowest BCUT2D eigenvalue weighted by Crippen LogP contribution is -2.34. The Hall–Kier alpha value is -2.12. The highest BCUT2D eigenvalue weighted by Crippen LogP contribution is 2.34. The van der Waals surface area contributed by atoms with Crippen LogP contribution >= 0.6 is 11.6 Å². The number of benzene rings is 1. The predicted octanol–water partition coefficient (Wildman–Crippen LogP) is 2.93. The average molecular weight is 355 g/mol. The molecule has 0 atom stereocenters. The summed E-state index contributed by atoms with van der Waals surface area (Å²) >= 11 is 6.18. The van der Waals surface area contributed by atoms with Crippen LogP contribution in [0.15, 0.2) is 42.7 Å². The molecule has 1 heterocycles. The molecule has 0 bridgehead atoms. The van der Waals surface area contributed by atoms with E-state index in [1.54, 1.807) is 30.3 Å². The van der Waals surface area contributed by atoms with Crippen LogP contribution in [0.3, 0.4) is 0 Å². The predicted molar refractivity (Wildman–Crippen MR) is 89.8 cm³/mol. The summed E-state index contributed by atoms with van der Waals surface area (Å²) in [7, 11) is -3.30. The molecule has 1 amide bonds. The Bertz CT molecular complexity index is 824. The van der Waals surface area contributed by atoms with Crippen molar-refractivity contribution in [3.8, 4) is 11.1 Å². The van der Waals surface area contributed by atoms with E-state index in [2.05, 4.69) is 4.98 Å². The van der Waals surface area contributed by atoms with Crippen molar-refractivity contribution in [1.29, 1.82) is 0 Å². The summed E-state index contributed by atoms with van der Waals surface area (Å²) in [6.07, 6.45) is 2.72. The zero-order valence-electron chi connectivity index (χ0n) is 12.3. The molecular weight excluding hydrogens is 340 g/mol. The van der Waals surface area contributed by atoms with Crippen molar-refractivity contribution < 1.29 is 18.3 Å². The number of rotatable bonds is 5. The lowest BCUT2D eigenvalue weighted by Gasteiger charge is -2.22. The quantitative estimate of drug-likeness (QED) is 0.891. The van der Waals surface area contributed by atoms with E-state index in [-0.39, 0.29) is 18.0 Å². The number of hydrogen-bond acceptors (Lipinski definition) is 4. The molecule has 0 saturated carbocycles. The van der Waals surface area contributed by atoms with Gasteiger partial charge in [-0.15, -0.1) is 0 Å². The van der Waals surface area contributed by atoms with E-state index >= 15 is 0 Å². The van der Waals surface area contributed by atoms with Crippen LogP contribution in [-0.2, 0) is 9.84 Å². The molecule has 0 saturated heterocycles. The minimum Gasteiger partial charge on any atom is -0.465 e. The van der Waals surface area contributed by atoms with Crippen molar-refractivity contribution >= 4 is 33.2 Å². The lowest BCUT2D eigenvalue weighted by atomic mass is 10.0. The van der Waals surface area contributed by atoms with Crippen molar-refractivity contribution in [2.45, 2.75) is 0 Å². The average Bonchev–Trinajstić information content (AvgIpc) is 2.47. The van der Waals surface area contributed by atoms with Crippen LogP contribution in [-0.4, -0.2) is 43.2 Å². The maximum atomic E-state index is 11.6. The molecule has 0 aliphatic rings. The fourth-order valence-electron chi connectivity index (χ4n) is 2.08. The number of halogens is 1. The van der Waals surface area contributed by atoms with Gasteiger partial charge < -0.3 is 5.11 Å². The van der Waals surface area contributed by atoms with Crippen LogP contribution in [0, 0.1) is 0 Å². The summed E-state index contributed by atoms with van der Waals surface area (Å²) in [4.78, 5) is 16.5. The number of aromatic nitrogens is 1. The molecule has 0 aliphatic heterocycles. The van der Waals surface area contributed by atoms with E-state index in [1.165, 1.54) is 12.4 Å². The molecule has 1 aromatic heterocycles. The summed E-state index contributed by atoms with van der Waals surface area (Å²) in [6.45, 7) is -0.183. The summed E-state index contributed by atoms with van der Waals surface area (Å²) in [6, 6.07) is 8.66. The number of anilines is 1. The summed E-state index contributed by atoms with van der Waals surface area (Å²) < 4.78 is 22.7. The number of pyridine rings is 1. The van der Waals surface area contributed by atoms with Gasteiger partial charge in [0, 0.05) is 35.1 Å². The van der Waals surface area contributed by atoms with Crippen LogP contribution in [0.1, 0.15) is 0 Å². The van der Waals surface area contributed by atoms with Crippen molar-refractivity contribution in [2.75, 3.05) is 23.5 Å². The highest BCUT2D eigenvalue weighted by Gasteiger charge is 2.21. The third-order valence-corrected chi connectivity index (χ3v) is 4.43. The highest BCUT2D eigenvalue weighted by molar-refractivity contribution is 7.90. The maximum Gasteiger partial charge on any atom is 0.411 e. The van der Waals surface area contributed by atoms with Crippen molar-refractivity contribution in [2.24, 2.45) is 0 Å². The zero-order chi connectivity index (χ0) is 17.0. The first kappa shape index (κ1) is 17.2. The SMILES string of the molecule is CS(=O)(=O)CCN(C(=O)O)c1cnccc1-c1ccccc1Cl. The monoisotopic (exact) mass is 354 g/mol. The van der Waals surface area contributed by atoms with Gasteiger partial charge in [-0.1, -0.05) is 29.8 Å². The fourth-order valence-corrected chi connectivity index (χ4v) is 2.84. The van der Waals surface area contributed by atoms with Gasteiger partial charge in [0.2, 0.25) is 0 Å². The summed E-state index contributed by atoms with van der Waals surface area (Å²) in [5.41, 5.74) is 1.51. The molecule has 2 aromatic rings. The molecule has 6 nitrogen and oxygen atoms in total. The van der Waals surface area contributed by atoms with E-state index in [4.69, 9.17) is 11.6 Å². The standard InChI is InChI=1S/C15H15ClN2O4S/c1-23(21,22)9-8-18(15(19)20)14-10-17-7-6-12(14)11-4-2-3-5-13(11)16/h2-7,10H,8-9H2,1H3,(H,19,20). The smallest absolute Gasteiger partial charge is 0.411 e. The second-order valence-electron chi connectivity index (χ2n) is 4.94. The Labute approximate surface area is 139 Å². The Morgan fingerprint density at radius 2 is 1.96 bits per heavy atom. The molecule has 0 unspecified atom stereocenters. The van der Waals surface area contributed by atoms with Crippen LogP contribution in [0.25, 0.3) is 11.1 Å². The topological polar surface area (TPSA) is 87.6 Å². The molecule has 0 spiro atoms. The molecular formula is C15H15ClN2O4S. The molecule has 0 fully saturated rings. The van der Waals surface area contributed by atoms with E-state index in [1.807, 2.05) is 0 Å². The second-order valence-corrected chi connectivity index (χ2v) is 7.60. The van der Waals surface area contributed by atoms with Crippen molar-refractivity contribution in [1.82, 2.24) is 4.98 Å². The van der Waals surface area contributed by atoms with Crippen molar-refractivity contribution in [3.05, 3.63) is 47.7 Å². The van der Waals surface area contributed by atoms with Gasteiger partial charge in [0.15, 0.2) is 0 Å². The normalized spacial score (nSPS) is 11.2. The molecule has 1 aromatic carbocycles. The minimum absolute atomic E-state index is 0.183. The van der Waals surface area contributed by atoms with Gasteiger partial charge in [0.05, 0.1) is 17.6 Å². The number of amides is 1. The molecule has 0 aliphatic carbocycles. The maximum absolute atomic E-state index is 11.6. The Morgan fingerprint density at radius 3 is 2.57 bits per heavy atom. The van der Waals surface area contributed by atoms with Gasteiger partial charge >= 0.3 is 6.09 Å². The number of hydrogen-bond donors (Lipinski definition) is 1. The van der Waals surface area contributed by atoms with Gasteiger partial charge in [0.25, 0.3) is 0 Å². The largest absolute Gasteiger partial charge is 0.465 e. The minimum atomic E-state index is -3.30. The summed E-state index contributed by atoms with van der Waals surface area (Å²) in [5, 5.41) is 9.90. The molecule has 2 rings (SSSR count). The number of carboxylic acid groups (broad SMARTS) is 1. The van der Waals surface area contributed by atoms with Crippen LogP contribution in [0.4, 0.5) is 10.5 Å². The van der Waals surface area contributed by atoms with Crippen LogP contribution in [0.2, 0.25) is 5.02 Å². The van der Waals surface area contributed by atoms with Gasteiger partial charge in [-0.05, 0) is 12.1 Å². The Kier molecular flexibility index (Phi) is 5.23. The van der Waals surface area contributed by atoms with E-state index in [9.17, 15) is 18.3 Å². The first-order valence-corrected chi connectivity index (χ1v) is 9.10. The molecule has 1 N–H and O–H groups in total. The van der Waals surface area contributed by atoms with Gasteiger partial charge in [0.1, 0.15) is 9.84 Å². The fraction of sp³-hybridized carbons (Fsp3) is 0.200. The third-order valence-electron chi connectivity index (χ3n) is 3.17. The van der Waals surface area contributed by atoms with Gasteiger partial charge in [-0.25, -0.2) is 13.2 Å².